The van der Waals surface area contributed by atoms with Gasteiger partial charge in [-0.1, -0.05) is 24.3 Å². The zero-order valence-electron chi connectivity index (χ0n) is 6.31. The number of allylic oxidation sites excluding steroid dienone is 2. The van der Waals surface area contributed by atoms with E-state index in [2.05, 4.69) is 29.3 Å². The zero-order valence-corrected chi connectivity index (χ0v) is 7.13. The van der Waals surface area contributed by atoms with E-state index in [-0.39, 0.29) is 0 Å². The van der Waals surface area contributed by atoms with Crippen LogP contribution < -0.4 is 0 Å². The van der Waals surface area contributed by atoms with Crippen molar-refractivity contribution in [2.75, 3.05) is 12.3 Å². The van der Waals surface area contributed by atoms with E-state index >= 15 is 0 Å². The SMILES string of the molecule is C1=CC2CN=CCSC2C=C1. The van der Waals surface area contributed by atoms with Gasteiger partial charge in [-0.3, -0.25) is 4.99 Å². The molecule has 0 saturated heterocycles. The van der Waals surface area contributed by atoms with Crippen LogP contribution in [0.4, 0.5) is 0 Å². The van der Waals surface area contributed by atoms with Crippen LogP contribution in [-0.4, -0.2) is 23.8 Å². The topological polar surface area (TPSA) is 12.4 Å². The van der Waals surface area contributed by atoms with E-state index < -0.39 is 0 Å². The van der Waals surface area contributed by atoms with Gasteiger partial charge in [-0.25, -0.2) is 0 Å². The van der Waals surface area contributed by atoms with Gasteiger partial charge in [-0.2, -0.15) is 0 Å². The van der Waals surface area contributed by atoms with Gasteiger partial charge in [0.05, 0.1) is 0 Å². The summed E-state index contributed by atoms with van der Waals surface area (Å²) in [4.78, 5) is 4.32. The van der Waals surface area contributed by atoms with E-state index in [1.165, 1.54) is 0 Å². The van der Waals surface area contributed by atoms with Gasteiger partial charge in [0.2, 0.25) is 0 Å². The summed E-state index contributed by atoms with van der Waals surface area (Å²) < 4.78 is 0. The van der Waals surface area contributed by atoms with Crippen molar-refractivity contribution >= 4 is 18.0 Å². The molecule has 2 heteroatoms. The van der Waals surface area contributed by atoms with Crippen LogP contribution in [0.1, 0.15) is 0 Å². The first-order valence-corrected chi connectivity index (χ1v) is 4.96. The summed E-state index contributed by atoms with van der Waals surface area (Å²) >= 11 is 1.98. The molecule has 0 aromatic rings. The summed E-state index contributed by atoms with van der Waals surface area (Å²) in [6.07, 6.45) is 10.8. The van der Waals surface area contributed by atoms with Crippen LogP contribution in [0.2, 0.25) is 0 Å². The number of hydrogen-bond donors (Lipinski definition) is 0. The minimum absolute atomic E-state index is 0.642. The summed E-state index contributed by atoms with van der Waals surface area (Å²) in [5, 5.41) is 0.669. The van der Waals surface area contributed by atoms with Gasteiger partial charge in [0.1, 0.15) is 0 Å². The van der Waals surface area contributed by atoms with Crippen molar-refractivity contribution in [3.63, 3.8) is 0 Å². The van der Waals surface area contributed by atoms with E-state index in [0.717, 1.165) is 12.3 Å². The van der Waals surface area contributed by atoms with E-state index in [1.807, 2.05) is 18.0 Å². The van der Waals surface area contributed by atoms with Gasteiger partial charge in [0.15, 0.2) is 0 Å². The number of rotatable bonds is 0. The summed E-state index contributed by atoms with van der Waals surface area (Å²) in [5.41, 5.74) is 0. The monoisotopic (exact) mass is 165 g/mol. The lowest BCUT2D eigenvalue weighted by Gasteiger charge is -2.19. The molecule has 0 fully saturated rings. The quantitative estimate of drug-likeness (QED) is 0.534. The van der Waals surface area contributed by atoms with Gasteiger partial charge in [0, 0.05) is 29.7 Å². The predicted molar refractivity (Wildman–Crippen MR) is 51.4 cm³/mol. The molecule has 0 saturated carbocycles. The Balaban J connectivity index is 2.13. The molecule has 2 rings (SSSR count). The molecule has 0 bridgehead atoms. The third-order valence-corrected chi connectivity index (χ3v) is 3.23. The van der Waals surface area contributed by atoms with Crippen LogP contribution in [0.3, 0.4) is 0 Å². The molecule has 11 heavy (non-hydrogen) atoms. The Hall–Kier alpha value is -0.500. The summed E-state index contributed by atoms with van der Waals surface area (Å²) in [5.74, 6) is 1.71. The molecule has 0 spiro atoms. The highest BCUT2D eigenvalue weighted by Crippen LogP contribution is 2.26. The highest BCUT2D eigenvalue weighted by atomic mass is 32.2. The Morgan fingerprint density at radius 3 is 3.18 bits per heavy atom. The molecule has 2 unspecified atom stereocenters. The Labute approximate surface area is 71.3 Å². The second-order valence-electron chi connectivity index (χ2n) is 2.78. The molecule has 0 amide bonds. The first kappa shape index (κ1) is 7.17. The fourth-order valence-electron chi connectivity index (χ4n) is 1.38. The second kappa shape index (κ2) is 3.26. The van der Waals surface area contributed by atoms with Gasteiger partial charge < -0.3 is 0 Å². The molecular formula is C9H11NS. The minimum atomic E-state index is 0.642. The first-order chi connectivity index (χ1) is 5.47. The van der Waals surface area contributed by atoms with Gasteiger partial charge in [-0.05, 0) is 0 Å². The van der Waals surface area contributed by atoms with E-state index in [9.17, 15) is 0 Å². The van der Waals surface area contributed by atoms with Crippen LogP contribution >= 0.6 is 11.8 Å². The average Bonchev–Trinajstić information content (AvgIpc) is 2.28. The van der Waals surface area contributed by atoms with E-state index in [4.69, 9.17) is 0 Å². The third-order valence-electron chi connectivity index (χ3n) is 2.00. The largest absolute Gasteiger partial charge is 0.296 e. The fourth-order valence-corrected chi connectivity index (χ4v) is 2.42. The van der Waals surface area contributed by atoms with Gasteiger partial charge in [0.25, 0.3) is 0 Å². The minimum Gasteiger partial charge on any atom is -0.296 e. The molecule has 1 aliphatic carbocycles. The van der Waals surface area contributed by atoms with Crippen molar-refractivity contribution in [2.24, 2.45) is 10.9 Å². The molecule has 1 nitrogen and oxygen atoms in total. The fraction of sp³-hybridized carbons (Fsp3) is 0.444. The van der Waals surface area contributed by atoms with Crippen molar-refractivity contribution < 1.29 is 0 Å². The van der Waals surface area contributed by atoms with Crippen LogP contribution in [0.15, 0.2) is 29.3 Å². The first-order valence-electron chi connectivity index (χ1n) is 3.92. The molecule has 2 atom stereocenters. The number of nitrogens with zero attached hydrogens (tertiary/aromatic N) is 1. The number of hydrogen-bond acceptors (Lipinski definition) is 2. The zero-order chi connectivity index (χ0) is 7.52. The molecule has 1 aliphatic heterocycles. The normalized spacial score (nSPS) is 34.9. The van der Waals surface area contributed by atoms with E-state index in [1.54, 1.807) is 0 Å². The Bertz CT molecular complexity index is 218. The number of aliphatic imine (C=N–C) groups is 1. The maximum Gasteiger partial charge on any atom is 0.0462 e. The lowest BCUT2D eigenvalue weighted by Crippen LogP contribution is -2.16. The van der Waals surface area contributed by atoms with Crippen molar-refractivity contribution in [3.05, 3.63) is 24.3 Å². The molecule has 0 aromatic heterocycles. The smallest absolute Gasteiger partial charge is 0.0462 e. The molecule has 2 aliphatic rings. The van der Waals surface area contributed by atoms with Crippen molar-refractivity contribution in [1.82, 2.24) is 0 Å². The number of thioether (sulfide) groups is 1. The summed E-state index contributed by atoms with van der Waals surface area (Å²) in [6.45, 7) is 0.971. The maximum atomic E-state index is 4.32. The summed E-state index contributed by atoms with van der Waals surface area (Å²) in [6, 6.07) is 0. The lowest BCUT2D eigenvalue weighted by molar-refractivity contribution is 0.689. The Morgan fingerprint density at radius 2 is 2.18 bits per heavy atom. The Morgan fingerprint density at radius 1 is 1.27 bits per heavy atom. The summed E-state index contributed by atoms with van der Waals surface area (Å²) in [7, 11) is 0. The predicted octanol–water partition coefficient (Wildman–Crippen LogP) is 1.91. The van der Waals surface area contributed by atoms with Crippen LogP contribution in [0, 0.1) is 5.92 Å². The number of fused-ring (bicyclic) bond motifs is 1. The molecule has 1 heterocycles. The van der Waals surface area contributed by atoms with E-state index in [0.29, 0.717) is 11.2 Å². The molecule has 0 N–H and O–H groups in total. The van der Waals surface area contributed by atoms with Gasteiger partial charge in [-0.15, -0.1) is 11.8 Å². The van der Waals surface area contributed by atoms with Crippen molar-refractivity contribution in [3.8, 4) is 0 Å². The molecule has 0 radical (unpaired) electrons. The second-order valence-corrected chi connectivity index (χ2v) is 3.99. The molecular weight excluding hydrogens is 154 g/mol. The third kappa shape index (κ3) is 1.56. The van der Waals surface area contributed by atoms with Crippen LogP contribution in [0.5, 0.6) is 0 Å². The highest BCUT2D eigenvalue weighted by molar-refractivity contribution is 8.00. The van der Waals surface area contributed by atoms with Crippen LogP contribution in [0.25, 0.3) is 0 Å². The van der Waals surface area contributed by atoms with Gasteiger partial charge >= 0.3 is 0 Å². The van der Waals surface area contributed by atoms with Crippen LogP contribution in [-0.2, 0) is 0 Å². The molecule has 58 valence electrons. The average molecular weight is 165 g/mol. The van der Waals surface area contributed by atoms with Crippen molar-refractivity contribution in [2.45, 2.75) is 5.25 Å². The standard InChI is InChI=1S/C9H11NS/c1-2-4-9-8(3-1)7-10-5-6-11-9/h1-5,8-9H,6-7H2. The van der Waals surface area contributed by atoms with Crippen molar-refractivity contribution in [1.29, 1.82) is 0 Å². The molecule has 0 aromatic carbocycles. The highest BCUT2D eigenvalue weighted by Gasteiger charge is 2.19. The lowest BCUT2D eigenvalue weighted by atomic mass is 10.0. The maximum absolute atomic E-state index is 4.32. The Kier molecular flexibility index (Phi) is 2.13.